The van der Waals surface area contributed by atoms with Crippen molar-refractivity contribution in [2.24, 2.45) is 5.92 Å². The first-order valence-electron chi connectivity index (χ1n) is 10.2. The number of thiophene rings is 1. The number of carbonyl (C=O) groups is 1. The lowest BCUT2D eigenvalue weighted by atomic mass is 9.78. The van der Waals surface area contributed by atoms with Gasteiger partial charge in [0.1, 0.15) is 0 Å². The minimum Gasteiger partial charge on any atom is -0.339 e. The van der Waals surface area contributed by atoms with Gasteiger partial charge in [-0.3, -0.25) is 9.36 Å². The molecule has 3 fully saturated rings. The molecule has 0 bridgehead atoms. The molecule has 5 rings (SSSR count). The molecule has 3 aliphatic rings. The number of likely N-dealkylation sites (tertiary alicyclic amines) is 1. The zero-order valence-electron chi connectivity index (χ0n) is 15.5. The molecule has 27 heavy (non-hydrogen) atoms. The number of fused-ring (bicyclic) bond motifs is 1. The van der Waals surface area contributed by atoms with Crippen LogP contribution in [0.25, 0.3) is 10.7 Å². The molecule has 144 valence electrons. The Hall–Kier alpha value is -1.34. The van der Waals surface area contributed by atoms with E-state index >= 15 is 0 Å². The number of rotatable bonds is 5. The van der Waals surface area contributed by atoms with Crippen LogP contribution in [0.1, 0.15) is 57.4 Å². The maximum atomic E-state index is 13.0. The SMILES string of the molecule is O=C(CSc1nnc(-c2cccs2)n1C1CC1)N1CCC[C@@H]2CCCC[C@H]21. The van der Waals surface area contributed by atoms with Gasteiger partial charge >= 0.3 is 0 Å². The van der Waals surface area contributed by atoms with Crippen LogP contribution >= 0.6 is 23.1 Å². The number of nitrogens with zero attached hydrogens (tertiary/aromatic N) is 4. The van der Waals surface area contributed by atoms with E-state index < -0.39 is 0 Å². The molecule has 2 atom stereocenters. The van der Waals surface area contributed by atoms with E-state index in [1.165, 1.54) is 51.4 Å². The van der Waals surface area contributed by atoms with Crippen LogP contribution in [0.3, 0.4) is 0 Å². The number of amides is 1. The van der Waals surface area contributed by atoms with E-state index in [1.54, 1.807) is 23.1 Å². The van der Waals surface area contributed by atoms with Gasteiger partial charge < -0.3 is 4.90 Å². The molecular formula is C20H26N4OS2. The van der Waals surface area contributed by atoms with Crippen LogP contribution in [0.4, 0.5) is 0 Å². The molecule has 0 spiro atoms. The number of carbonyl (C=O) groups excluding carboxylic acids is 1. The monoisotopic (exact) mass is 402 g/mol. The Morgan fingerprint density at radius 1 is 1.15 bits per heavy atom. The van der Waals surface area contributed by atoms with E-state index in [0.29, 0.717) is 23.7 Å². The number of aromatic nitrogens is 3. The van der Waals surface area contributed by atoms with Crippen molar-refractivity contribution in [3.05, 3.63) is 17.5 Å². The highest BCUT2D eigenvalue weighted by Gasteiger charge is 2.36. The maximum Gasteiger partial charge on any atom is 0.233 e. The van der Waals surface area contributed by atoms with Gasteiger partial charge in [-0.15, -0.1) is 21.5 Å². The highest BCUT2D eigenvalue weighted by Crippen LogP contribution is 2.42. The van der Waals surface area contributed by atoms with E-state index in [1.807, 2.05) is 0 Å². The molecule has 0 N–H and O–H groups in total. The predicted octanol–water partition coefficient (Wildman–Crippen LogP) is 4.61. The van der Waals surface area contributed by atoms with Crippen molar-refractivity contribution < 1.29 is 4.79 Å². The second-order valence-electron chi connectivity index (χ2n) is 8.01. The van der Waals surface area contributed by atoms with Crippen LogP contribution < -0.4 is 0 Å². The summed E-state index contributed by atoms with van der Waals surface area (Å²) in [7, 11) is 0. The van der Waals surface area contributed by atoms with E-state index in [-0.39, 0.29) is 0 Å². The molecular weight excluding hydrogens is 376 g/mol. The third-order valence-corrected chi connectivity index (χ3v) is 8.00. The van der Waals surface area contributed by atoms with Crippen molar-refractivity contribution in [3.63, 3.8) is 0 Å². The third-order valence-electron chi connectivity index (χ3n) is 6.21. The molecule has 2 saturated carbocycles. The maximum absolute atomic E-state index is 13.0. The molecule has 0 unspecified atom stereocenters. The van der Waals surface area contributed by atoms with Crippen LogP contribution in [0, 0.1) is 5.92 Å². The van der Waals surface area contributed by atoms with E-state index in [0.717, 1.165) is 28.3 Å². The van der Waals surface area contributed by atoms with Gasteiger partial charge in [-0.2, -0.15) is 0 Å². The highest BCUT2D eigenvalue weighted by atomic mass is 32.2. The van der Waals surface area contributed by atoms with Crippen molar-refractivity contribution in [3.8, 4) is 10.7 Å². The molecule has 5 nitrogen and oxygen atoms in total. The molecule has 2 aromatic heterocycles. The molecule has 1 aliphatic heterocycles. The summed E-state index contributed by atoms with van der Waals surface area (Å²) >= 11 is 3.28. The number of piperidine rings is 1. The van der Waals surface area contributed by atoms with Gasteiger partial charge in [0, 0.05) is 18.6 Å². The quantitative estimate of drug-likeness (QED) is 0.685. The first-order valence-corrected chi connectivity index (χ1v) is 12.1. The lowest BCUT2D eigenvalue weighted by Crippen LogP contribution is -2.50. The average molecular weight is 403 g/mol. The summed E-state index contributed by atoms with van der Waals surface area (Å²) in [4.78, 5) is 16.4. The second kappa shape index (κ2) is 7.59. The van der Waals surface area contributed by atoms with Gasteiger partial charge in [-0.25, -0.2) is 0 Å². The molecule has 0 aromatic carbocycles. The van der Waals surface area contributed by atoms with Crippen molar-refractivity contribution in [1.82, 2.24) is 19.7 Å². The highest BCUT2D eigenvalue weighted by molar-refractivity contribution is 7.99. The summed E-state index contributed by atoms with van der Waals surface area (Å²) in [5, 5.41) is 11.9. The van der Waals surface area contributed by atoms with Gasteiger partial charge in [-0.05, 0) is 55.9 Å². The van der Waals surface area contributed by atoms with E-state index in [9.17, 15) is 4.79 Å². The predicted molar refractivity (Wildman–Crippen MR) is 109 cm³/mol. The molecule has 3 heterocycles. The Morgan fingerprint density at radius 2 is 2.00 bits per heavy atom. The molecule has 1 amide bonds. The second-order valence-corrected chi connectivity index (χ2v) is 9.90. The van der Waals surface area contributed by atoms with E-state index in [4.69, 9.17) is 0 Å². The summed E-state index contributed by atoms with van der Waals surface area (Å²) in [5.41, 5.74) is 0. The Balaban J connectivity index is 1.29. The van der Waals surface area contributed by atoms with Crippen LogP contribution in [0.15, 0.2) is 22.7 Å². The molecule has 7 heteroatoms. The number of hydrogen-bond donors (Lipinski definition) is 0. The average Bonchev–Trinajstić information content (AvgIpc) is 3.23. The fourth-order valence-electron chi connectivity index (χ4n) is 4.75. The molecule has 0 radical (unpaired) electrons. The van der Waals surface area contributed by atoms with Gasteiger partial charge in [0.15, 0.2) is 11.0 Å². The Labute approximate surface area is 168 Å². The third kappa shape index (κ3) is 3.56. The zero-order chi connectivity index (χ0) is 18.2. The summed E-state index contributed by atoms with van der Waals surface area (Å²) in [6.07, 6.45) is 9.97. The van der Waals surface area contributed by atoms with Crippen LogP contribution in [-0.2, 0) is 4.79 Å². The van der Waals surface area contributed by atoms with E-state index in [2.05, 4.69) is 37.2 Å². The largest absolute Gasteiger partial charge is 0.339 e. The van der Waals surface area contributed by atoms with Gasteiger partial charge in [0.2, 0.25) is 5.91 Å². The minimum atomic E-state index is 0.291. The van der Waals surface area contributed by atoms with Crippen molar-refractivity contribution in [1.29, 1.82) is 0 Å². The van der Waals surface area contributed by atoms with Crippen molar-refractivity contribution in [2.75, 3.05) is 12.3 Å². The first-order chi connectivity index (χ1) is 13.3. The molecule has 1 saturated heterocycles. The van der Waals surface area contributed by atoms with Crippen LogP contribution in [0.2, 0.25) is 0 Å². The normalized spacial score (nSPS) is 25.4. The zero-order valence-corrected chi connectivity index (χ0v) is 17.2. The van der Waals surface area contributed by atoms with Crippen molar-refractivity contribution >= 4 is 29.0 Å². The van der Waals surface area contributed by atoms with Crippen molar-refractivity contribution in [2.45, 2.75) is 68.6 Å². The fourth-order valence-corrected chi connectivity index (χ4v) is 6.35. The standard InChI is InChI=1S/C20H26N4OS2/c25-18(23-11-3-6-14-5-1-2-7-16(14)23)13-27-20-22-21-19(17-8-4-12-26-17)24(20)15-9-10-15/h4,8,12,14-16H,1-3,5-7,9-11,13H2/t14-,16+/m0/s1. The van der Waals surface area contributed by atoms with Gasteiger partial charge in [0.05, 0.1) is 10.6 Å². The summed E-state index contributed by atoms with van der Waals surface area (Å²) in [6, 6.07) is 5.15. The smallest absolute Gasteiger partial charge is 0.233 e. The van der Waals surface area contributed by atoms with Crippen LogP contribution in [0.5, 0.6) is 0 Å². The van der Waals surface area contributed by atoms with Gasteiger partial charge in [0.25, 0.3) is 0 Å². The Kier molecular flexibility index (Phi) is 4.98. The number of hydrogen-bond acceptors (Lipinski definition) is 5. The Bertz CT molecular complexity index is 797. The number of thioether (sulfide) groups is 1. The summed E-state index contributed by atoms with van der Waals surface area (Å²) < 4.78 is 2.27. The Morgan fingerprint density at radius 3 is 2.81 bits per heavy atom. The first kappa shape index (κ1) is 17.7. The summed E-state index contributed by atoms with van der Waals surface area (Å²) in [5.74, 6) is 2.48. The topological polar surface area (TPSA) is 51.0 Å². The molecule has 2 aliphatic carbocycles. The lowest BCUT2D eigenvalue weighted by Gasteiger charge is -2.44. The van der Waals surface area contributed by atoms with Crippen LogP contribution in [-0.4, -0.2) is 43.9 Å². The van der Waals surface area contributed by atoms with Gasteiger partial charge in [-0.1, -0.05) is 30.7 Å². The summed E-state index contributed by atoms with van der Waals surface area (Å²) in [6.45, 7) is 0.941. The fraction of sp³-hybridized carbons (Fsp3) is 0.650. The molecule has 2 aromatic rings. The lowest BCUT2D eigenvalue weighted by molar-refractivity contribution is -0.134. The minimum absolute atomic E-state index is 0.291.